The summed E-state index contributed by atoms with van der Waals surface area (Å²) < 4.78 is 0. The fraction of sp³-hybridized carbons (Fsp3) is 0.526. The molecule has 126 valence electrons. The highest BCUT2D eigenvalue weighted by atomic mass is 16.2. The molecule has 1 aromatic heterocycles. The standard InChI is InChI=1S/C19H24N4O/c1-13-4-2-3-5-16(13)12-17(24)23-10-8-15(9-11-23)19-20-18(21-22-19)14-6-7-14/h2-5,14-15H,6-12H2,1H3,(H,20,21,22). The van der Waals surface area contributed by atoms with Crippen molar-refractivity contribution in [2.45, 2.75) is 50.9 Å². The number of piperidine rings is 1. The zero-order chi connectivity index (χ0) is 16.5. The molecular formula is C19H24N4O. The molecule has 5 nitrogen and oxygen atoms in total. The Balaban J connectivity index is 1.33. The number of aryl methyl sites for hydroxylation is 1. The minimum Gasteiger partial charge on any atom is -0.342 e. The van der Waals surface area contributed by atoms with Crippen molar-refractivity contribution in [1.29, 1.82) is 0 Å². The number of amides is 1. The van der Waals surface area contributed by atoms with Gasteiger partial charge in [-0.1, -0.05) is 24.3 Å². The van der Waals surface area contributed by atoms with Crippen LogP contribution in [0.25, 0.3) is 0 Å². The van der Waals surface area contributed by atoms with Crippen LogP contribution in [0.1, 0.15) is 60.3 Å². The zero-order valence-corrected chi connectivity index (χ0v) is 14.2. The number of likely N-dealkylation sites (tertiary alicyclic amines) is 1. The summed E-state index contributed by atoms with van der Waals surface area (Å²) in [6.45, 7) is 3.69. The van der Waals surface area contributed by atoms with Gasteiger partial charge in [0.2, 0.25) is 5.91 Å². The predicted molar refractivity (Wildman–Crippen MR) is 91.8 cm³/mol. The topological polar surface area (TPSA) is 61.9 Å². The van der Waals surface area contributed by atoms with Crippen molar-refractivity contribution >= 4 is 5.91 Å². The van der Waals surface area contributed by atoms with Crippen LogP contribution in [0.5, 0.6) is 0 Å². The summed E-state index contributed by atoms with van der Waals surface area (Å²) in [5, 5.41) is 7.48. The molecule has 5 heteroatoms. The van der Waals surface area contributed by atoms with E-state index in [0.29, 0.717) is 18.3 Å². The van der Waals surface area contributed by atoms with E-state index in [2.05, 4.69) is 28.2 Å². The van der Waals surface area contributed by atoms with E-state index in [1.54, 1.807) is 0 Å². The third-order valence-electron chi connectivity index (χ3n) is 5.30. The van der Waals surface area contributed by atoms with Gasteiger partial charge in [-0.15, -0.1) is 0 Å². The normalized spacial score (nSPS) is 18.8. The molecule has 24 heavy (non-hydrogen) atoms. The average molecular weight is 324 g/mol. The first-order chi connectivity index (χ1) is 11.7. The molecule has 2 aliphatic rings. The number of hydrogen-bond donors (Lipinski definition) is 1. The van der Waals surface area contributed by atoms with Crippen LogP contribution < -0.4 is 0 Å². The van der Waals surface area contributed by atoms with Gasteiger partial charge in [0.15, 0.2) is 5.82 Å². The molecule has 0 radical (unpaired) electrons. The van der Waals surface area contributed by atoms with Crippen molar-refractivity contribution in [3.05, 3.63) is 47.0 Å². The molecule has 0 bridgehead atoms. The Labute approximate surface area is 142 Å². The van der Waals surface area contributed by atoms with Crippen molar-refractivity contribution in [1.82, 2.24) is 20.1 Å². The number of aromatic amines is 1. The number of benzene rings is 1. The van der Waals surface area contributed by atoms with Crippen LogP contribution in [0.2, 0.25) is 0 Å². The number of carbonyl (C=O) groups excluding carboxylic acids is 1. The van der Waals surface area contributed by atoms with Gasteiger partial charge in [-0.3, -0.25) is 9.89 Å². The van der Waals surface area contributed by atoms with Crippen molar-refractivity contribution in [2.75, 3.05) is 13.1 Å². The van der Waals surface area contributed by atoms with Crippen LogP contribution in [-0.4, -0.2) is 39.1 Å². The Morgan fingerprint density at radius 3 is 2.62 bits per heavy atom. The maximum atomic E-state index is 12.6. The highest BCUT2D eigenvalue weighted by Gasteiger charge is 2.30. The van der Waals surface area contributed by atoms with E-state index in [1.165, 1.54) is 18.4 Å². The van der Waals surface area contributed by atoms with Gasteiger partial charge >= 0.3 is 0 Å². The molecule has 1 saturated heterocycles. The number of carbonyl (C=O) groups is 1. The second-order valence-corrected chi connectivity index (χ2v) is 7.11. The van der Waals surface area contributed by atoms with Gasteiger partial charge in [0, 0.05) is 24.9 Å². The molecule has 2 heterocycles. The van der Waals surface area contributed by atoms with E-state index in [9.17, 15) is 4.79 Å². The Morgan fingerprint density at radius 2 is 1.92 bits per heavy atom. The summed E-state index contributed by atoms with van der Waals surface area (Å²) in [5.41, 5.74) is 2.32. The van der Waals surface area contributed by atoms with Crippen molar-refractivity contribution in [3.8, 4) is 0 Å². The summed E-state index contributed by atoms with van der Waals surface area (Å²) in [6.07, 6.45) is 4.90. The summed E-state index contributed by atoms with van der Waals surface area (Å²) in [6, 6.07) is 8.13. The summed E-state index contributed by atoms with van der Waals surface area (Å²) in [7, 11) is 0. The van der Waals surface area contributed by atoms with Gasteiger partial charge in [-0.25, -0.2) is 4.98 Å². The van der Waals surface area contributed by atoms with E-state index in [4.69, 9.17) is 0 Å². The zero-order valence-electron chi connectivity index (χ0n) is 14.2. The fourth-order valence-corrected chi connectivity index (χ4v) is 3.48. The number of aromatic nitrogens is 3. The van der Waals surface area contributed by atoms with Crippen molar-refractivity contribution in [3.63, 3.8) is 0 Å². The Morgan fingerprint density at radius 1 is 1.17 bits per heavy atom. The molecule has 0 unspecified atom stereocenters. The van der Waals surface area contributed by atoms with E-state index >= 15 is 0 Å². The lowest BCUT2D eigenvalue weighted by Crippen LogP contribution is -2.39. The molecule has 4 rings (SSSR count). The van der Waals surface area contributed by atoms with Gasteiger partial charge in [0.25, 0.3) is 0 Å². The Hall–Kier alpha value is -2.17. The Kier molecular flexibility index (Phi) is 4.08. The maximum Gasteiger partial charge on any atom is 0.226 e. The molecule has 1 amide bonds. The van der Waals surface area contributed by atoms with Crippen LogP contribution in [-0.2, 0) is 11.2 Å². The van der Waals surface area contributed by atoms with Crippen LogP contribution in [0.4, 0.5) is 0 Å². The quantitative estimate of drug-likeness (QED) is 0.940. The van der Waals surface area contributed by atoms with E-state index in [0.717, 1.165) is 43.1 Å². The van der Waals surface area contributed by atoms with Gasteiger partial charge in [-0.2, -0.15) is 5.10 Å². The SMILES string of the molecule is Cc1ccccc1CC(=O)N1CCC(c2nc(C3CC3)n[nH]2)CC1. The van der Waals surface area contributed by atoms with Gasteiger partial charge < -0.3 is 4.90 Å². The molecule has 0 atom stereocenters. The van der Waals surface area contributed by atoms with E-state index in [1.807, 2.05) is 23.1 Å². The summed E-state index contributed by atoms with van der Waals surface area (Å²) in [4.78, 5) is 19.2. The predicted octanol–water partition coefficient (Wildman–Crippen LogP) is 2.94. The second kappa shape index (κ2) is 6.38. The van der Waals surface area contributed by atoms with Gasteiger partial charge in [0.05, 0.1) is 6.42 Å². The first-order valence-corrected chi connectivity index (χ1v) is 8.95. The smallest absolute Gasteiger partial charge is 0.226 e. The number of nitrogens with zero attached hydrogens (tertiary/aromatic N) is 3. The first kappa shape index (κ1) is 15.4. The molecule has 1 aliphatic heterocycles. The van der Waals surface area contributed by atoms with Crippen molar-refractivity contribution < 1.29 is 4.79 Å². The monoisotopic (exact) mass is 324 g/mol. The van der Waals surface area contributed by atoms with Gasteiger partial charge in [0.1, 0.15) is 5.82 Å². The van der Waals surface area contributed by atoms with Crippen LogP contribution in [0.15, 0.2) is 24.3 Å². The molecule has 1 aromatic carbocycles. The minimum absolute atomic E-state index is 0.235. The lowest BCUT2D eigenvalue weighted by molar-refractivity contribution is -0.131. The third kappa shape index (κ3) is 3.21. The summed E-state index contributed by atoms with van der Waals surface area (Å²) >= 11 is 0. The van der Waals surface area contributed by atoms with Crippen molar-refractivity contribution in [2.24, 2.45) is 0 Å². The van der Waals surface area contributed by atoms with Crippen LogP contribution in [0, 0.1) is 6.92 Å². The molecule has 2 aromatic rings. The lowest BCUT2D eigenvalue weighted by atomic mass is 9.95. The average Bonchev–Trinajstić information content (AvgIpc) is 3.34. The molecule has 2 fully saturated rings. The molecule has 1 saturated carbocycles. The summed E-state index contributed by atoms with van der Waals surface area (Å²) in [5.74, 6) is 3.24. The van der Waals surface area contributed by atoms with Crippen LogP contribution in [0.3, 0.4) is 0 Å². The molecule has 0 spiro atoms. The number of nitrogens with one attached hydrogen (secondary N) is 1. The fourth-order valence-electron chi connectivity index (χ4n) is 3.48. The third-order valence-corrected chi connectivity index (χ3v) is 5.30. The van der Waals surface area contributed by atoms with Crippen LogP contribution >= 0.6 is 0 Å². The minimum atomic E-state index is 0.235. The lowest BCUT2D eigenvalue weighted by Gasteiger charge is -2.31. The number of H-pyrrole nitrogens is 1. The second-order valence-electron chi connectivity index (χ2n) is 7.11. The number of hydrogen-bond acceptors (Lipinski definition) is 3. The maximum absolute atomic E-state index is 12.6. The van der Waals surface area contributed by atoms with Gasteiger partial charge in [-0.05, 0) is 43.7 Å². The molecular weight excluding hydrogens is 300 g/mol. The van der Waals surface area contributed by atoms with E-state index < -0.39 is 0 Å². The van der Waals surface area contributed by atoms with E-state index in [-0.39, 0.29) is 5.91 Å². The number of rotatable bonds is 4. The molecule has 1 N–H and O–H groups in total. The largest absolute Gasteiger partial charge is 0.342 e. The molecule has 1 aliphatic carbocycles. The highest BCUT2D eigenvalue weighted by Crippen LogP contribution is 2.38. The highest BCUT2D eigenvalue weighted by molar-refractivity contribution is 5.79. The Bertz CT molecular complexity index is 726. The first-order valence-electron chi connectivity index (χ1n) is 8.95.